The van der Waals surface area contributed by atoms with Crippen LogP contribution in [0.25, 0.3) is 0 Å². The monoisotopic (exact) mass is 574 g/mol. The summed E-state index contributed by atoms with van der Waals surface area (Å²) >= 11 is 0. The summed E-state index contributed by atoms with van der Waals surface area (Å²) in [6.07, 6.45) is 0. The molecule has 8 nitrogen and oxygen atoms in total. The molecule has 0 fully saturated rings. The van der Waals surface area contributed by atoms with Crippen LogP contribution < -0.4 is 9.80 Å². The van der Waals surface area contributed by atoms with Crippen molar-refractivity contribution in [3.05, 3.63) is 94.5 Å². The summed E-state index contributed by atoms with van der Waals surface area (Å²) in [5, 5.41) is 0. The first-order valence-corrected chi connectivity index (χ1v) is 16.3. The van der Waals surface area contributed by atoms with Gasteiger partial charge in [0.25, 0.3) is 20.2 Å². The summed E-state index contributed by atoms with van der Waals surface area (Å²) < 4.78 is 65.7. The highest BCUT2D eigenvalue weighted by Crippen LogP contribution is 2.35. The van der Waals surface area contributed by atoms with Gasteiger partial charge in [0, 0.05) is 43.5 Å². The standard InChI is InChI=1S/C29H38N2O6S2/c1-5-30(6-2)27-15-11-22(12-16-27)29(23-13-17-28(18-14-23)31(7-3)8-4)24-9-10-25(20-38(32,33)34)26(19-24)21-39(35,36)37/h9-19,29H,5-8,20-21H2,1-4H3,(H,32,33,34)(H,35,36,37). The summed E-state index contributed by atoms with van der Waals surface area (Å²) in [5.74, 6) is -1.80. The Kier molecular flexibility index (Phi) is 10.2. The van der Waals surface area contributed by atoms with E-state index in [2.05, 4.69) is 61.8 Å². The maximum Gasteiger partial charge on any atom is 0.269 e. The van der Waals surface area contributed by atoms with Crippen LogP contribution in [0, 0.1) is 0 Å². The van der Waals surface area contributed by atoms with E-state index in [0.717, 1.165) is 54.2 Å². The molecular weight excluding hydrogens is 536 g/mol. The Hall–Kier alpha value is -2.92. The summed E-state index contributed by atoms with van der Waals surface area (Å²) in [7, 11) is -8.87. The number of hydrogen-bond donors (Lipinski definition) is 2. The predicted molar refractivity (Wildman–Crippen MR) is 158 cm³/mol. The average molecular weight is 575 g/mol. The lowest BCUT2D eigenvalue weighted by atomic mass is 9.84. The molecule has 0 bridgehead atoms. The highest BCUT2D eigenvalue weighted by Gasteiger charge is 2.22. The number of nitrogens with zero attached hydrogens (tertiary/aromatic N) is 2. The van der Waals surface area contributed by atoms with Crippen molar-refractivity contribution in [3.63, 3.8) is 0 Å². The van der Waals surface area contributed by atoms with Gasteiger partial charge in [0.05, 0.1) is 0 Å². The van der Waals surface area contributed by atoms with Gasteiger partial charge in [0.15, 0.2) is 0 Å². The zero-order chi connectivity index (χ0) is 28.8. The Morgan fingerprint density at radius 3 is 1.28 bits per heavy atom. The molecule has 0 aliphatic heterocycles. The highest BCUT2D eigenvalue weighted by molar-refractivity contribution is 7.85. The van der Waals surface area contributed by atoms with E-state index in [1.807, 2.05) is 24.3 Å². The minimum absolute atomic E-state index is 0.117. The lowest BCUT2D eigenvalue weighted by Gasteiger charge is -2.25. The highest BCUT2D eigenvalue weighted by atomic mass is 32.2. The average Bonchev–Trinajstić information content (AvgIpc) is 2.87. The second-order valence-electron chi connectivity index (χ2n) is 9.44. The molecule has 0 unspecified atom stereocenters. The van der Waals surface area contributed by atoms with Crippen LogP contribution in [0.2, 0.25) is 0 Å². The van der Waals surface area contributed by atoms with Crippen LogP contribution in [0.1, 0.15) is 61.4 Å². The maximum atomic E-state index is 11.8. The number of anilines is 2. The van der Waals surface area contributed by atoms with Crippen LogP contribution in [0.3, 0.4) is 0 Å². The molecule has 2 N–H and O–H groups in total. The van der Waals surface area contributed by atoms with E-state index < -0.39 is 31.7 Å². The molecule has 0 aliphatic carbocycles. The van der Waals surface area contributed by atoms with Gasteiger partial charge in [-0.1, -0.05) is 42.5 Å². The van der Waals surface area contributed by atoms with Gasteiger partial charge >= 0.3 is 0 Å². The first-order chi connectivity index (χ1) is 18.4. The molecule has 0 aromatic heterocycles. The van der Waals surface area contributed by atoms with Crippen molar-refractivity contribution in [2.24, 2.45) is 0 Å². The van der Waals surface area contributed by atoms with E-state index in [1.54, 1.807) is 12.1 Å². The molecular formula is C29H38N2O6S2. The van der Waals surface area contributed by atoms with Gasteiger partial charge in [-0.15, -0.1) is 0 Å². The third-order valence-electron chi connectivity index (χ3n) is 6.95. The molecule has 0 heterocycles. The molecule has 3 aromatic rings. The minimum atomic E-state index is -4.46. The second-order valence-corrected chi connectivity index (χ2v) is 12.3. The zero-order valence-electron chi connectivity index (χ0n) is 22.9. The van der Waals surface area contributed by atoms with Crippen LogP contribution in [-0.4, -0.2) is 52.1 Å². The van der Waals surface area contributed by atoms with Crippen LogP contribution in [0.5, 0.6) is 0 Å². The van der Waals surface area contributed by atoms with Gasteiger partial charge in [-0.3, -0.25) is 9.11 Å². The van der Waals surface area contributed by atoms with Gasteiger partial charge in [0.1, 0.15) is 11.5 Å². The molecule has 10 heteroatoms. The summed E-state index contributed by atoms with van der Waals surface area (Å²) in [4.78, 5) is 4.48. The Morgan fingerprint density at radius 1 is 0.564 bits per heavy atom. The third-order valence-corrected chi connectivity index (χ3v) is 8.30. The summed E-state index contributed by atoms with van der Waals surface area (Å²) in [6.45, 7) is 11.9. The SMILES string of the molecule is CCN(CC)c1ccc(C(c2ccc(N(CC)CC)cc2)c2ccc(CS(=O)(=O)O)c(CS(=O)(=O)O)c2)cc1. The molecule has 0 amide bonds. The molecule has 0 saturated carbocycles. The van der Waals surface area contributed by atoms with Crippen molar-refractivity contribution in [3.8, 4) is 0 Å². The van der Waals surface area contributed by atoms with E-state index >= 15 is 0 Å². The van der Waals surface area contributed by atoms with Gasteiger partial charge < -0.3 is 9.80 Å². The van der Waals surface area contributed by atoms with Crippen LogP contribution >= 0.6 is 0 Å². The quantitative estimate of drug-likeness (QED) is 0.208. The smallest absolute Gasteiger partial charge is 0.269 e. The lowest BCUT2D eigenvalue weighted by molar-refractivity contribution is 0.477. The largest absolute Gasteiger partial charge is 0.372 e. The van der Waals surface area contributed by atoms with E-state index in [1.165, 1.54) is 6.07 Å². The van der Waals surface area contributed by atoms with Crippen molar-refractivity contribution in [1.82, 2.24) is 0 Å². The number of rotatable bonds is 13. The molecule has 0 spiro atoms. The first-order valence-electron chi connectivity index (χ1n) is 13.1. The Labute approximate surface area is 232 Å². The fourth-order valence-electron chi connectivity index (χ4n) is 5.00. The molecule has 0 radical (unpaired) electrons. The van der Waals surface area contributed by atoms with Crippen molar-refractivity contribution in [2.75, 3.05) is 36.0 Å². The maximum absolute atomic E-state index is 11.8. The van der Waals surface area contributed by atoms with E-state index in [-0.39, 0.29) is 17.0 Å². The topological polar surface area (TPSA) is 115 Å². The molecule has 0 atom stereocenters. The van der Waals surface area contributed by atoms with E-state index in [9.17, 15) is 25.9 Å². The minimum Gasteiger partial charge on any atom is -0.372 e. The third kappa shape index (κ3) is 8.28. The Bertz CT molecular complexity index is 1390. The van der Waals surface area contributed by atoms with Crippen LogP contribution in [-0.2, 0) is 31.7 Å². The molecule has 0 aliphatic rings. The van der Waals surface area contributed by atoms with E-state index in [0.29, 0.717) is 0 Å². The second kappa shape index (κ2) is 13.0. The fourth-order valence-corrected chi connectivity index (χ4v) is 6.34. The van der Waals surface area contributed by atoms with Crippen molar-refractivity contribution >= 4 is 31.6 Å². The first kappa shape index (κ1) is 30.6. The fraction of sp³-hybridized carbons (Fsp3) is 0.379. The van der Waals surface area contributed by atoms with Gasteiger partial charge in [-0.25, -0.2) is 0 Å². The van der Waals surface area contributed by atoms with Crippen molar-refractivity contribution in [1.29, 1.82) is 0 Å². The molecule has 3 rings (SSSR count). The van der Waals surface area contributed by atoms with Gasteiger partial charge in [-0.2, -0.15) is 16.8 Å². The molecule has 39 heavy (non-hydrogen) atoms. The lowest BCUT2D eigenvalue weighted by Crippen LogP contribution is -2.22. The van der Waals surface area contributed by atoms with Gasteiger partial charge in [0.2, 0.25) is 0 Å². The molecule has 212 valence electrons. The van der Waals surface area contributed by atoms with E-state index in [4.69, 9.17) is 0 Å². The van der Waals surface area contributed by atoms with Crippen LogP contribution in [0.15, 0.2) is 66.7 Å². The van der Waals surface area contributed by atoms with Crippen molar-refractivity contribution in [2.45, 2.75) is 45.1 Å². The Balaban J connectivity index is 2.17. The van der Waals surface area contributed by atoms with Gasteiger partial charge in [-0.05, 0) is 79.8 Å². The normalized spacial score (nSPS) is 12.1. The zero-order valence-corrected chi connectivity index (χ0v) is 24.5. The molecule has 3 aromatic carbocycles. The number of benzene rings is 3. The predicted octanol–water partition coefficient (Wildman–Crippen LogP) is 5.33. The Morgan fingerprint density at radius 2 is 0.923 bits per heavy atom. The summed E-state index contributed by atoms with van der Waals surface area (Å²) in [6, 6.07) is 21.3. The van der Waals surface area contributed by atoms with Crippen LogP contribution in [0.4, 0.5) is 11.4 Å². The molecule has 0 saturated heterocycles. The van der Waals surface area contributed by atoms with Crippen molar-refractivity contribution < 1.29 is 25.9 Å². The number of hydrogen-bond acceptors (Lipinski definition) is 6. The summed E-state index contributed by atoms with van der Waals surface area (Å²) in [5.41, 5.74) is 5.11.